The van der Waals surface area contributed by atoms with Gasteiger partial charge < -0.3 is 30.6 Å². The smallest absolute Gasteiger partial charge is 0.319 e. The molecule has 0 aromatic carbocycles. The molecule has 0 saturated carbocycles. The summed E-state index contributed by atoms with van der Waals surface area (Å²) in [5.74, 6) is -4.21. The molecular weight excluding hydrogens is 1230 g/mol. The molecule has 0 bridgehead atoms. The minimum absolute atomic E-state index is 0.101. The van der Waals surface area contributed by atoms with Gasteiger partial charge in [-0.3, -0.25) is 28.8 Å². The highest BCUT2D eigenvalue weighted by Crippen LogP contribution is 2.45. The molecule has 552 valence electrons. The molecule has 0 aliphatic heterocycles. The van der Waals surface area contributed by atoms with Crippen LogP contribution in [0.25, 0.3) is 0 Å². The largest absolute Gasteiger partial charge is 0.481 e. The van der Waals surface area contributed by atoms with Gasteiger partial charge in [-0.05, 0) is 53.4 Å². The normalized spacial score (nSPS) is 13.9. The van der Waals surface area contributed by atoms with Gasteiger partial charge in [-0.15, -0.1) is 23.5 Å². The highest BCUT2D eigenvalue weighted by molar-refractivity contribution is 8.03. The topological polar surface area (TPSA) is 224 Å². The van der Waals surface area contributed by atoms with Gasteiger partial charge in [0.05, 0.1) is 12.8 Å². The number of rotatable bonds is 70. The Bertz CT molecular complexity index is 1630. The van der Waals surface area contributed by atoms with Crippen LogP contribution in [0.2, 0.25) is 0 Å². The first kappa shape index (κ1) is 95.1. The van der Waals surface area contributed by atoms with E-state index in [1.165, 1.54) is 292 Å². The van der Waals surface area contributed by atoms with E-state index in [0.717, 1.165) is 77.0 Å². The van der Waals surface area contributed by atoms with Crippen LogP contribution in [0.15, 0.2) is 0 Å². The predicted molar refractivity (Wildman–Crippen MR) is 402 cm³/mol. The molecular formula is C78H150O12S3. The third kappa shape index (κ3) is 61.9. The van der Waals surface area contributed by atoms with Gasteiger partial charge in [-0.25, -0.2) is 0 Å². The summed E-state index contributed by atoms with van der Waals surface area (Å²) in [6.07, 6.45) is 67.9. The van der Waals surface area contributed by atoms with E-state index in [9.17, 15) is 49.2 Å². The van der Waals surface area contributed by atoms with Crippen LogP contribution in [0.3, 0.4) is 0 Å². The average Bonchev–Trinajstić information content (AvgIpc) is 0.877. The number of carboxylic acid groups (broad SMARTS) is 6. The van der Waals surface area contributed by atoms with Crippen LogP contribution in [-0.2, 0) is 28.8 Å². The summed E-state index contributed by atoms with van der Waals surface area (Å²) >= 11 is 3.71. The van der Waals surface area contributed by atoms with Gasteiger partial charge >= 0.3 is 35.8 Å². The summed E-state index contributed by atoms with van der Waals surface area (Å²) in [4.78, 5) is 68.9. The van der Waals surface area contributed by atoms with E-state index in [2.05, 4.69) is 27.7 Å². The van der Waals surface area contributed by atoms with E-state index in [1.54, 1.807) is 27.7 Å². The lowest BCUT2D eigenvalue weighted by Gasteiger charge is -2.34. The van der Waals surface area contributed by atoms with Crippen molar-refractivity contribution in [1.82, 2.24) is 0 Å². The molecule has 4 unspecified atom stereocenters. The third-order valence-corrected chi connectivity index (χ3v) is 23.0. The fourth-order valence-electron chi connectivity index (χ4n) is 12.1. The number of carboxylic acids is 6. The van der Waals surface area contributed by atoms with Crippen molar-refractivity contribution in [2.45, 2.75) is 447 Å². The molecule has 6 N–H and O–H groups in total. The summed E-state index contributed by atoms with van der Waals surface area (Å²) in [7, 11) is 0. The maximum Gasteiger partial charge on any atom is 0.319 e. The average molecular weight is 1380 g/mol. The molecule has 0 spiro atoms. The van der Waals surface area contributed by atoms with Crippen molar-refractivity contribution in [3.05, 3.63) is 0 Å². The molecule has 12 nitrogen and oxygen atoms in total. The molecule has 0 heterocycles. The van der Waals surface area contributed by atoms with Crippen molar-refractivity contribution < 1.29 is 59.4 Å². The maximum atomic E-state index is 12.3. The Morgan fingerprint density at radius 1 is 0.226 bits per heavy atom. The molecule has 0 fully saturated rings. The van der Waals surface area contributed by atoms with E-state index in [-0.39, 0.29) is 12.8 Å². The summed E-state index contributed by atoms with van der Waals surface area (Å²) in [6.45, 7) is 16.0. The van der Waals surface area contributed by atoms with Gasteiger partial charge in [-0.1, -0.05) is 362 Å². The Morgan fingerprint density at radius 3 is 0.473 bits per heavy atom. The van der Waals surface area contributed by atoms with Crippen molar-refractivity contribution >= 4 is 71.1 Å². The van der Waals surface area contributed by atoms with Crippen molar-refractivity contribution in [3.63, 3.8) is 0 Å². The van der Waals surface area contributed by atoms with Crippen molar-refractivity contribution in [2.75, 3.05) is 11.5 Å². The van der Waals surface area contributed by atoms with Gasteiger partial charge in [0, 0.05) is 11.5 Å². The number of carbonyl (C=O) groups is 6. The maximum absolute atomic E-state index is 12.3. The second-order valence-corrected chi connectivity index (χ2v) is 33.5. The van der Waals surface area contributed by atoms with Crippen LogP contribution in [-0.4, -0.2) is 96.9 Å². The van der Waals surface area contributed by atoms with Crippen LogP contribution < -0.4 is 0 Å². The van der Waals surface area contributed by atoms with Crippen molar-refractivity contribution in [3.8, 4) is 0 Å². The minimum Gasteiger partial charge on any atom is -0.481 e. The fourth-order valence-corrected chi connectivity index (χ4v) is 16.3. The highest BCUT2D eigenvalue weighted by Gasteiger charge is 2.46. The summed E-state index contributed by atoms with van der Waals surface area (Å²) in [5.41, 5.74) is 0. The molecule has 4 atom stereocenters. The van der Waals surface area contributed by atoms with Gasteiger partial charge in [0.15, 0.2) is 0 Å². The Labute approximate surface area is 585 Å². The lowest BCUT2D eigenvalue weighted by molar-refractivity contribution is -0.141. The van der Waals surface area contributed by atoms with E-state index in [0.29, 0.717) is 37.2 Å². The highest BCUT2D eigenvalue weighted by atomic mass is 32.2. The molecule has 0 rings (SSSR count). The Balaban J connectivity index is -0.00000154. The zero-order valence-corrected chi connectivity index (χ0v) is 64.2. The Hall–Kier alpha value is -2.13. The summed E-state index contributed by atoms with van der Waals surface area (Å²) in [6, 6.07) is 0. The molecule has 0 aliphatic carbocycles. The quantitative estimate of drug-likeness (QED) is 0.0312. The Morgan fingerprint density at radius 2 is 0.355 bits per heavy atom. The van der Waals surface area contributed by atoms with Gasteiger partial charge in [0.25, 0.3) is 0 Å². The summed E-state index contributed by atoms with van der Waals surface area (Å²) < 4.78 is -4.21. The molecule has 0 aliphatic rings. The summed E-state index contributed by atoms with van der Waals surface area (Å²) in [5, 5.41) is 56.5. The third-order valence-electron chi connectivity index (χ3n) is 18.7. The molecule has 0 amide bonds. The Kier molecular flexibility index (Phi) is 68.6. The van der Waals surface area contributed by atoms with Gasteiger partial charge in [0.1, 0.15) is 19.0 Å². The van der Waals surface area contributed by atoms with Crippen molar-refractivity contribution in [2.24, 2.45) is 0 Å². The standard InChI is InChI=1S/C42H82O4S.C30H58O4S.C6H10O4S/c1-5-7-9-11-13-15-17-19-21-23-25-27-29-31-33-35-37-41(3,39(43)44)47-42(4,40(45)46)38-36-34-32-30-28-26-24-22-20-18-16-14-12-10-8-6-2;1-5-7-9-11-13-15-17-19-21-23-25-29(3,27(31)32)35-30(4,28(33)34)26-24-22-20-18-16-14-12-10-8-6-2;7-5(8)1-3-11-4-2-6(9)10/h5-38H2,1-4H3,(H,43,44)(H,45,46);5-26H2,1-4H3,(H,31,32)(H,33,34);1-4H2,(H,7,8)(H,9,10). The van der Waals surface area contributed by atoms with Gasteiger partial charge in [-0.2, -0.15) is 11.8 Å². The lowest BCUT2D eigenvalue weighted by Crippen LogP contribution is -2.42. The first-order valence-corrected chi connectivity index (χ1v) is 41.7. The molecule has 0 aromatic heterocycles. The van der Waals surface area contributed by atoms with Crippen LogP contribution in [0.4, 0.5) is 0 Å². The molecule has 15 heteroatoms. The van der Waals surface area contributed by atoms with Crippen LogP contribution in [0.5, 0.6) is 0 Å². The number of unbranched alkanes of at least 4 members (excludes halogenated alkanes) is 48. The van der Waals surface area contributed by atoms with E-state index in [4.69, 9.17) is 10.2 Å². The van der Waals surface area contributed by atoms with Crippen LogP contribution >= 0.6 is 35.3 Å². The molecule has 0 radical (unpaired) electrons. The minimum atomic E-state index is -1.06. The van der Waals surface area contributed by atoms with Crippen LogP contribution in [0.1, 0.15) is 428 Å². The molecule has 0 aromatic rings. The van der Waals surface area contributed by atoms with E-state index in [1.807, 2.05) is 0 Å². The molecule has 0 saturated heterocycles. The monoisotopic (exact) mass is 1380 g/mol. The number of hydrogen-bond acceptors (Lipinski definition) is 9. The zero-order chi connectivity index (χ0) is 70.0. The fraction of sp³-hybridized carbons (Fsp3) is 0.923. The first-order chi connectivity index (χ1) is 44.6. The van der Waals surface area contributed by atoms with Gasteiger partial charge in [0.2, 0.25) is 0 Å². The van der Waals surface area contributed by atoms with Crippen molar-refractivity contribution in [1.29, 1.82) is 0 Å². The second-order valence-electron chi connectivity index (χ2n) is 28.2. The predicted octanol–water partition coefficient (Wildman–Crippen LogP) is 25.4. The first-order valence-electron chi connectivity index (χ1n) is 38.9. The SMILES string of the molecule is CCCCCCCCCCCCC(C)(SC(C)(CCCCCCCCCCCC)C(=O)O)C(=O)O.CCCCCCCCCCCCCCCCCCC(C)(SC(C)(CCCCCCCCCCCCCCCCCC)C(=O)O)C(=O)O.O=C(O)CCSCCC(=O)O. The second kappa shape index (κ2) is 67.1. The zero-order valence-electron chi connectivity index (χ0n) is 61.8. The lowest BCUT2D eigenvalue weighted by atomic mass is 9.99. The van der Waals surface area contributed by atoms with Crippen LogP contribution in [0, 0.1) is 0 Å². The molecule has 93 heavy (non-hydrogen) atoms. The van der Waals surface area contributed by atoms with E-state index >= 15 is 0 Å². The van der Waals surface area contributed by atoms with E-state index < -0.39 is 54.8 Å². The number of thioether (sulfide) groups is 3. The number of aliphatic carboxylic acids is 6. The number of hydrogen-bond donors (Lipinski definition) is 6.